The maximum atomic E-state index is 12.7. The van der Waals surface area contributed by atoms with Gasteiger partial charge < -0.3 is 20.4 Å². The molecule has 0 heterocycles. The molecule has 0 saturated heterocycles. The van der Waals surface area contributed by atoms with Crippen molar-refractivity contribution in [3.63, 3.8) is 0 Å². The van der Waals surface area contributed by atoms with Crippen molar-refractivity contribution in [3.05, 3.63) is 68.2 Å². The number of hydrogen-bond donors (Lipinski definition) is 4. The first-order chi connectivity index (χ1) is 12.6. The molecule has 0 aliphatic carbocycles. The number of carbonyl (C=O) groups is 5. The zero-order valence-electron chi connectivity index (χ0n) is 13.1. The summed E-state index contributed by atoms with van der Waals surface area (Å²) in [6.45, 7) is 0. The van der Waals surface area contributed by atoms with Gasteiger partial charge in [-0.15, -0.1) is 0 Å². The Morgan fingerprint density at radius 3 is 1.59 bits per heavy atom. The molecule has 10 heteroatoms. The van der Waals surface area contributed by atoms with Gasteiger partial charge in [0.05, 0.1) is 22.3 Å². The number of carboxylic acid groups (broad SMARTS) is 4. The van der Waals surface area contributed by atoms with Crippen molar-refractivity contribution in [2.24, 2.45) is 0 Å². The summed E-state index contributed by atoms with van der Waals surface area (Å²) in [4.78, 5) is 57.5. The molecule has 0 atom stereocenters. The van der Waals surface area contributed by atoms with Gasteiger partial charge in [-0.05, 0) is 40.2 Å². The minimum atomic E-state index is -1.58. The van der Waals surface area contributed by atoms with Crippen LogP contribution in [0, 0.1) is 0 Å². The van der Waals surface area contributed by atoms with Crippen LogP contribution in [0.4, 0.5) is 0 Å². The molecule has 27 heavy (non-hydrogen) atoms. The van der Waals surface area contributed by atoms with Gasteiger partial charge in [0.15, 0.2) is 5.78 Å². The minimum absolute atomic E-state index is 0.211. The number of aromatic carboxylic acids is 4. The summed E-state index contributed by atoms with van der Waals surface area (Å²) in [5.74, 6) is -6.96. The van der Waals surface area contributed by atoms with Crippen molar-refractivity contribution >= 4 is 45.6 Å². The lowest BCUT2D eigenvalue weighted by molar-refractivity contribution is 0.0650. The second kappa shape index (κ2) is 7.38. The van der Waals surface area contributed by atoms with E-state index in [1.54, 1.807) is 0 Å². The summed E-state index contributed by atoms with van der Waals surface area (Å²) in [6, 6.07) is 4.89. The second-order valence-electron chi connectivity index (χ2n) is 5.16. The zero-order valence-corrected chi connectivity index (χ0v) is 14.7. The van der Waals surface area contributed by atoms with Gasteiger partial charge in [0.25, 0.3) is 0 Å². The predicted molar refractivity (Wildman–Crippen MR) is 91.9 cm³/mol. The number of benzene rings is 2. The molecule has 0 saturated carbocycles. The van der Waals surface area contributed by atoms with Gasteiger partial charge in [0.2, 0.25) is 0 Å². The van der Waals surface area contributed by atoms with Gasteiger partial charge in [-0.2, -0.15) is 0 Å². The summed E-state index contributed by atoms with van der Waals surface area (Å²) in [5, 5.41) is 36.5. The van der Waals surface area contributed by atoms with Crippen LogP contribution < -0.4 is 0 Å². The highest BCUT2D eigenvalue weighted by Gasteiger charge is 2.26. The Balaban J connectivity index is 2.65. The van der Waals surface area contributed by atoms with Crippen LogP contribution >= 0.6 is 15.9 Å². The van der Waals surface area contributed by atoms with E-state index in [4.69, 9.17) is 15.3 Å². The number of hydrogen-bond acceptors (Lipinski definition) is 5. The predicted octanol–water partition coefficient (Wildman–Crippen LogP) is 2.47. The first kappa shape index (κ1) is 19.8. The van der Waals surface area contributed by atoms with Crippen molar-refractivity contribution in [2.75, 3.05) is 0 Å². The fourth-order valence-corrected chi connectivity index (χ4v) is 3.04. The van der Waals surface area contributed by atoms with E-state index in [1.165, 1.54) is 0 Å². The third-order valence-corrected chi connectivity index (χ3v) is 4.40. The number of rotatable bonds is 6. The fourth-order valence-electron chi connectivity index (χ4n) is 2.34. The Bertz CT molecular complexity index is 1020. The Morgan fingerprint density at radius 1 is 0.630 bits per heavy atom. The maximum Gasteiger partial charge on any atom is 0.337 e. The average molecular weight is 437 g/mol. The van der Waals surface area contributed by atoms with Crippen LogP contribution in [0.15, 0.2) is 34.8 Å². The summed E-state index contributed by atoms with van der Waals surface area (Å²) in [5.41, 5.74) is -2.77. The van der Waals surface area contributed by atoms with Crippen molar-refractivity contribution in [3.8, 4) is 0 Å². The molecule has 0 aliphatic heterocycles. The molecule has 0 unspecified atom stereocenters. The lowest BCUT2D eigenvalue weighted by atomic mass is 9.95. The highest BCUT2D eigenvalue weighted by Crippen LogP contribution is 2.28. The number of halogens is 1. The largest absolute Gasteiger partial charge is 0.478 e. The first-order valence-electron chi connectivity index (χ1n) is 7.00. The van der Waals surface area contributed by atoms with Gasteiger partial charge in [0, 0.05) is 15.6 Å². The molecule has 2 aromatic rings. The van der Waals surface area contributed by atoms with Crippen LogP contribution in [0.1, 0.15) is 57.4 Å². The monoisotopic (exact) mass is 436 g/mol. The molecule has 0 aliphatic rings. The van der Waals surface area contributed by atoms with E-state index in [0.29, 0.717) is 0 Å². The van der Waals surface area contributed by atoms with E-state index in [-0.39, 0.29) is 15.6 Å². The zero-order chi connectivity index (χ0) is 20.5. The standard InChI is InChI=1S/C17H9BrO9/c18-12-9(4-3-8(15(22)23)11(12)17(26)27)13(19)6-1-2-7(14(20)21)10(5-6)16(24)25/h1-5H,(H,20,21)(H,22,23)(H,24,25)(H,26,27). The number of carbonyl (C=O) groups excluding carboxylic acids is 1. The van der Waals surface area contributed by atoms with Gasteiger partial charge in [-0.3, -0.25) is 4.79 Å². The van der Waals surface area contributed by atoms with Crippen molar-refractivity contribution in [1.29, 1.82) is 0 Å². The summed E-state index contributed by atoms with van der Waals surface area (Å²) in [7, 11) is 0. The molecule has 0 radical (unpaired) electrons. The van der Waals surface area contributed by atoms with Crippen LogP contribution in [0.25, 0.3) is 0 Å². The summed E-state index contributed by atoms with van der Waals surface area (Å²) >= 11 is 2.91. The minimum Gasteiger partial charge on any atom is -0.478 e. The van der Waals surface area contributed by atoms with Crippen molar-refractivity contribution in [1.82, 2.24) is 0 Å². The highest BCUT2D eigenvalue weighted by molar-refractivity contribution is 9.10. The Kier molecular flexibility index (Phi) is 5.41. The van der Waals surface area contributed by atoms with E-state index in [1.807, 2.05) is 0 Å². The number of ketones is 1. The van der Waals surface area contributed by atoms with E-state index >= 15 is 0 Å². The molecule has 4 N–H and O–H groups in total. The van der Waals surface area contributed by atoms with E-state index < -0.39 is 51.9 Å². The van der Waals surface area contributed by atoms with Crippen molar-refractivity contribution in [2.45, 2.75) is 0 Å². The molecule has 0 bridgehead atoms. The van der Waals surface area contributed by atoms with E-state index in [9.17, 15) is 29.1 Å². The Morgan fingerprint density at radius 2 is 1.11 bits per heavy atom. The van der Waals surface area contributed by atoms with Gasteiger partial charge in [-0.1, -0.05) is 6.07 Å². The van der Waals surface area contributed by atoms with Gasteiger partial charge >= 0.3 is 23.9 Å². The molecule has 0 fully saturated rings. The normalized spacial score (nSPS) is 10.3. The molecule has 0 spiro atoms. The molecule has 2 aromatic carbocycles. The lowest BCUT2D eigenvalue weighted by Gasteiger charge is -2.10. The number of carboxylic acids is 4. The van der Waals surface area contributed by atoms with E-state index in [2.05, 4.69) is 15.9 Å². The fraction of sp³-hybridized carbons (Fsp3) is 0. The molecule has 0 amide bonds. The molecule has 138 valence electrons. The van der Waals surface area contributed by atoms with Gasteiger partial charge in [0.1, 0.15) is 0 Å². The van der Waals surface area contributed by atoms with Crippen LogP contribution in [0.2, 0.25) is 0 Å². The first-order valence-corrected chi connectivity index (χ1v) is 7.80. The van der Waals surface area contributed by atoms with Crippen molar-refractivity contribution < 1.29 is 44.4 Å². The third-order valence-electron chi connectivity index (χ3n) is 3.57. The third kappa shape index (κ3) is 3.70. The highest BCUT2D eigenvalue weighted by atomic mass is 79.9. The Labute approximate surface area is 158 Å². The molecular formula is C17H9BrO9. The topological polar surface area (TPSA) is 166 Å². The molecule has 2 rings (SSSR count). The smallest absolute Gasteiger partial charge is 0.337 e. The molecular weight excluding hydrogens is 428 g/mol. The summed E-state index contributed by atoms with van der Waals surface area (Å²) < 4.78 is -0.293. The van der Waals surface area contributed by atoms with E-state index in [0.717, 1.165) is 30.3 Å². The van der Waals surface area contributed by atoms with Crippen LogP contribution in [-0.4, -0.2) is 50.1 Å². The maximum absolute atomic E-state index is 12.7. The van der Waals surface area contributed by atoms with Crippen LogP contribution in [-0.2, 0) is 0 Å². The molecule has 9 nitrogen and oxygen atoms in total. The quantitative estimate of drug-likeness (QED) is 0.497. The SMILES string of the molecule is O=C(O)c1ccc(C(=O)c2ccc(C(=O)O)c(C(=O)O)c2Br)cc1C(=O)O. The lowest BCUT2D eigenvalue weighted by Crippen LogP contribution is -2.14. The molecule has 0 aromatic heterocycles. The second-order valence-corrected chi connectivity index (χ2v) is 5.95. The Hall–Kier alpha value is -3.53. The van der Waals surface area contributed by atoms with Crippen LogP contribution in [0.5, 0.6) is 0 Å². The van der Waals surface area contributed by atoms with Gasteiger partial charge in [-0.25, -0.2) is 19.2 Å². The summed E-state index contributed by atoms with van der Waals surface area (Å²) in [6.07, 6.45) is 0. The average Bonchev–Trinajstić information content (AvgIpc) is 2.59. The van der Waals surface area contributed by atoms with Crippen LogP contribution in [0.3, 0.4) is 0 Å².